The molecule has 0 fully saturated rings. The van der Waals surface area contributed by atoms with Gasteiger partial charge in [-0.15, -0.1) is 0 Å². The molecule has 0 nitrogen and oxygen atoms in total. The van der Waals surface area contributed by atoms with Crippen molar-refractivity contribution in [2.24, 2.45) is 0 Å². The molecule has 5 heteroatoms. The summed E-state index contributed by atoms with van der Waals surface area (Å²) in [6.45, 7) is 2.22. The van der Waals surface area contributed by atoms with Gasteiger partial charge in [0.2, 0.25) is 0 Å². The minimum absolute atomic E-state index is 0.210. The topological polar surface area (TPSA) is 0 Å². The number of rotatable bonds is 8. The van der Waals surface area contributed by atoms with Gasteiger partial charge in [-0.25, -0.2) is 0 Å². The molecule has 0 atom stereocenters. The summed E-state index contributed by atoms with van der Waals surface area (Å²) in [7, 11) is -0.210. The molecule has 0 saturated carbocycles. The van der Waals surface area contributed by atoms with Gasteiger partial charge in [0.05, 0.1) is 0 Å². The average molecular weight is 909 g/mol. The molecule has 0 bridgehead atoms. The third-order valence-corrected chi connectivity index (χ3v) is 20.9. The fourth-order valence-corrected chi connectivity index (χ4v) is 15.3. The van der Waals surface area contributed by atoms with E-state index in [4.69, 9.17) is 11.2 Å². The van der Waals surface area contributed by atoms with E-state index in [0.29, 0.717) is 5.66 Å². The maximum atomic E-state index is 7.25. The van der Waals surface area contributed by atoms with Crippen LogP contribution < -0.4 is 37.1 Å². The van der Waals surface area contributed by atoms with E-state index in [0.717, 1.165) is 0 Å². The van der Waals surface area contributed by atoms with E-state index in [1.165, 1.54) is 37.1 Å². The summed E-state index contributed by atoms with van der Waals surface area (Å²) < 4.78 is 0. The zero-order chi connectivity index (χ0) is 35.0. The van der Waals surface area contributed by atoms with Crippen molar-refractivity contribution in [1.82, 2.24) is 0 Å². The molecule has 7 rings (SSSR count). The van der Waals surface area contributed by atoms with E-state index in [-0.39, 0.29) is 13.7 Å². The summed E-state index contributed by atoms with van der Waals surface area (Å²) in [6, 6.07) is 74.3. The predicted molar refractivity (Wildman–Crippen MR) is 226 cm³/mol. The van der Waals surface area contributed by atoms with Crippen molar-refractivity contribution in [3.8, 4) is 0 Å². The molecule has 0 aliphatic rings. The third kappa shape index (κ3) is 10.5. The van der Waals surface area contributed by atoms with Gasteiger partial charge in [-0.1, -0.05) is 74.5 Å². The SMILES string of the molecule is CC(C)P(c1ccccc1)c1ccccc1.Cl[PH](c1ccccc1)(c1ccccc1)c1ccccc1.[Au][P](c1ccccc1)c1ccccc1. The van der Waals surface area contributed by atoms with Crippen LogP contribution >= 0.6 is 31.6 Å². The first kappa shape index (κ1) is 38.1. The molecule has 256 valence electrons. The summed E-state index contributed by atoms with van der Waals surface area (Å²) in [5.41, 5.74) is 0.680. The molecule has 0 aromatic heterocycles. The first-order valence-electron chi connectivity index (χ1n) is 16.8. The van der Waals surface area contributed by atoms with E-state index in [2.05, 4.69) is 229 Å². The van der Waals surface area contributed by atoms with Crippen molar-refractivity contribution >= 4 is 68.7 Å². The Kier molecular flexibility index (Phi) is 15.3. The monoisotopic (exact) mass is 908 g/mol. The van der Waals surface area contributed by atoms with Gasteiger partial charge in [0.25, 0.3) is 0 Å². The molecule has 0 unspecified atom stereocenters. The van der Waals surface area contributed by atoms with Gasteiger partial charge in [0, 0.05) is 0 Å². The van der Waals surface area contributed by atoms with Crippen LogP contribution in [-0.4, -0.2) is 5.66 Å². The Morgan fingerprint density at radius 1 is 0.380 bits per heavy atom. The second-order valence-corrected chi connectivity index (χ2v) is 23.8. The van der Waals surface area contributed by atoms with Crippen LogP contribution in [-0.2, 0) is 20.5 Å². The van der Waals surface area contributed by atoms with Gasteiger partial charge in [-0.05, 0) is 24.2 Å². The van der Waals surface area contributed by atoms with Crippen LogP contribution in [0, 0.1) is 0 Å². The van der Waals surface area contributed by atoms with E-state index in [9.17, 15) is 0 Å². The van der Waals surface area contributed by atoms with E-state index in [1.807, 2.05) is 18.2 Å². The quantitative estimate of drug-likeness (QED) is 0.105. The molecule has 7 aromatic carbocycles. The summed E-state index contributed by atoms with van der Waals surface area (Å²) in [5, 5.41) is 9.43. The van der Waals surface area contributed by atoms with Crippen molar-refractivity contribution in [3.63, 3.8) is 0 Å². The Morgan fingerprint density at radius 2 is 0.600 bits per heavy atom. The van der Waals surface area contributed by atoms with Crippen LogP contribution in [0.5, 0.6) is 0 Å². The van der Waals surface area contributed by atoms with Crippen LogP contribution in [0.25, 0.3) is 0 Å². The van der Waals surface area contributed by atoms with Crippen molar-refractivity contribution in [1.29, 1.82) is 0 Å². The number of hydrogen-bond donors (Lipinski definition) is 0. The second-order valence-electron chi connectivity index (χ2n) is 11.8. The Bertz CT molecular complexity index is 1750. The molecular formula is C45H43AuClP3. The molecule has 0 radical (unpaired) electrons. The standard InChI is InChI=1S/C18H16ClP.C15H17P.C12H10P.Au/c19-20(16-10-4-1-5-11-16,17-12-6-2-7-13-17)18-14-8-3-9-15-18;1-13(2)16(14-9-5-3-6-10-14)15-11-7-4-8-12-15;1-3-7-11(8-4-1)13-12-9-5-2-6-10-12;/h1-15,20H;3-13H,1-2H3;1-10H;/q;;-1;+1. The summed E-state index contributed by atoms with van der Waals surface area (Å²) in [6.07, 6.45) is 0. The molecule has 0 heterocycles. The van der Waals surface area contributed by atoms with Gasteiger partial charge >= 0.3 is 222 Å². The fourth-order valence-electron chi connectivity index (χ4n) is 5.67. The molecule has 50 heavy (non-hydrogen) atoms. The normalized spacial score (nSPS) is 11.3. The van der Waals surface area contributed by atoms with Crippen molar-refractivity contribution in [2.75, 3.05) is 0 Å². The molecule has 7 aromatic rings. The Labute approximate surface area is 319 Å². The zero-order valence-electron chi connectivity index (χ0n) is 28.4. The average Bonchev–Trinajstić information content (AvgIpc) is 3.20. The molecule has 0 saturated heterocycles. The van der Waals surface area contributed by atoms with Gasteiger partial charge in [-0.3, -0.25) is 0 Å². The predicted octanol–water partition coefficient (Wildman–Crippen LogP) is 9.98. The molecule has 0 spiro atoms. The summed E-state index contributed by atoms with van der Waals surface area (Å²) in [4.78, 5) is 0. The fraction of sp³-hybridized carbons (Fsp3) is 0.0667. The van der Waals surface area contributed by atoms with Crippen molar-refractivity contribution in [2.45, 2.75) is 19.5 Å². The zero-order valence-corrected chi connectivity index (χ0v) is 34.1. The van der Waals surface area contributed by atoms with Crippen LogP contribution in [0.1, 0.15) is 13.8 Å². The second kappa shape index (κ2) is 20.0. The van der Waals surface area contributed by atoms with Gasteiger partial charge < -0.3 is 0 Å². The van der Waals surface area contributed by atoms with Crippen LogP contribution in [0.4, 0.5) is 0 Å². The third-order valence-electron chi connectivity index (χ3n) is 8.03. The van der Waals surface area contributed by atoms with Crippen LogP contribution in [0.2, 0.25) is 0 Å². The first-order valence-corrected chi connectivity index (χ1v) is 25.2. The minimum atomic E-state index is -2.41. The number of hydrogen-bond acceptors (Lipinski definition) is 0. The van der Waals surface area contributed by atoms with E-state index >= 15 is 0 Å². The van der Waals surface area contributed by atoms with Gasteiger partial charge in [0.15, 0.2) is 0 Å². The van der Waals surface area contributed by atoms with E-state index < -0.39 is 6.62 Å². The Balaban J connectivity index is 0.000000148. The molecule has 0 N–H and O–H groups in total. The summed E-state index contributed by atoms with van der Waals surface area (Å²) in [5.74, 6) is -0.226. The van der Waals surface area contributed by atoms with E-state index in [1.54, 1.807) is 0 Å². The van der Waals surface area contributed by atoms with Gasteiger partial charge in [-0.2, -0.15) is 0 Å². The number of halogens is 1. The molecular weight excluding hydrogens is 866 g/mol. The Hall–Kier alpha value is -3.14. The van der Waals surface area contributed by atoms with Crippen molar-refractivity contribution in [3.05, 3.63) is 212 Å². The number of benzene rings is 7. The molecule has 0 aliphatic carbocycles. The molecule has 0 amide bonds. The summed E-state index contributed by atoms with van der Waals surface area (Å²) >= 11 is 9.99. The Morgan fingerprint density at radius 3 is 0.840 bits per heavy atom. The molecule has 0 aliphatic heterocycles. The maximum absolute atomic E-state index is 7.25. The van der Waals surface area contributed by atoms with Crippen LogP contribution in [0.15, 0.2) is 212 Å². The van der Waals surface area contributed by atoms with Gasteiger partial charge in [0.1, 0.15) is 0 Å². The van der Waals surface area contributed by atoms with Crippen molar-refractivity contribution < 1.29 is 20.5 Å². The first-order chi connectivity index (χ1) is 24.5. The van der Waals surface area contributed by atoms with Crippen LogP contribution in [0.3, 0.4) is 0 Å².